The van der Waals surface area contributed by atoms with Gasteiger partial charge in [-0.1, -0.05) is 52.3 Å². The molecule has 0 saturated heterocycles. The number of benzene rings is 3. The Balaban J connectivity index is 1.80. The molecule has 0 bridgehead atoms. The molecule has 0 unspecified atom stereocenters. The standard InChI is InChI=1S/C23H17BrO3/c1-16-6-2-4-8-20(16)23(26)27-22-9-5-3-7-18(22)12-15-21(25)17-10-13-19(24)14-11-17/h2-15H,1H3/b15-12+. The second-order valence-corrected chi connectivity index (χ2v) is 6.86. The van der Waals surface area contributed by atoms with Gasteiger partial charge in [-0.3, -0.25) is 4.79 Å². The molecular formula is C23H17BrO3. The highest BCUT2D eigenvalue weighted by atomic mass is 79.9. The summed E-state index contributed by atoms with van der Waals surface area (Å²) < 4.78 is 6.47. The molecule has 3 aromatic rings. The molecule has 0 atom stereocenters. The first-order valence-corrected chi connectivity index (χ1v) is 9.19. The first kappa shape index (κ1) is 18.8. The molecule has 0 fully saturated rings. The Morgan fingerprint density at radius 3 is 2.30 bits per heavy atom. The maximum absolute atomic E-state index is 12.5. The van der Waals surface area contributed by atoms with Crippen molar-refractivity contribution in [3.63, 3.8) is 0 Å². The van der Waals surface area contributed by atoms with E-state index in [1.807, 2.05) is 37.3 Å². The third kappa shape index (κ3) is 4.80. The van der Waals surface area contributed by atoms with Crippen LogP contribution in [0, 0.1) is 6.92 Å². The highest BCUT2D eigenvalue weighted by Gasteiger charge is 2.12. The van der Waals surface area contributed by atoms with Crippen molar-refractivity contribution in [1.29, 1.82) is 0 Å². The predicted octanol–water partition coefficient (Wildman–Crippen LogP) is 5.87. The topological polar surface area (TPSA) is 43.4 Å². The molecule has 0 spiro atoms. The number of halogens is 1. The highest BCUT2D eigenvalue weighted by molar-refractivity contribution is 9.10. The van der Waals surface area contributed by atoms with Crippen LogP contribution in [0.25, 0.3) is 6.08 Å². The SMILES string of the molecule is Cc1ccccc1C(=O)Oc1ccccc1/C=C/C(=O)c1ccc(Br)cc1. The van der Waals surface area contributed by atoms with Crippen molar-refractivity contribution in [3.05, 3.63) is 106 Å². The summed E-state index contributed by atoms with van der Waals surface area (Å²) in [5, 5.41) is 0. The normalized spacial score (nSPS) is 10.7. The molecule has 0 heterocycles. The molecule has 3 nitrogen and oxygen atoms in total. The van der Waals surface area contributed by atoms with Gasteiger partial charge in [0.25, 0.3) is 0 Å². The Hall–Kier alpha value is -2.98. The van der Waals surface area contributed by atoms with Gasteiger partial charge in [-0.15, -0.1) is 0 Å². The first-order chi connectivity index (χ1) is 13.0. The number of carbonyl (C=O) groups is 2. The Kier molecular flexibility index (Phi) is 5.99. The van der Waals surface area contributed by atoms with Crippen LogP contribution in [0.15, 0.2) is 83.3 Å². The summed E-state index contributed by atoms with van der Waals surface area (Å²) in [5.41, 5.74) is 2.61. The fourth-order valence-corrected chi connectivity index (χ4v) is 2.81. The third-order valence-electron chi connectivity index (χ3n) is 4.03. The lowest BCUT2D eigenvalue weighted by atomic mass is 10.1. The minimum absolute atomic E-state index is 0.123. The van der Waals surface area contributed by atoms with E-state index >= 15 is 0 Å². The molecule has 0 aliphatic heterocycles. The minimum atomic E-state index is -0.423. The average molecular weight is 421 g/mol. The summed E-state index contributed by atoms with van der Waals surface area (Å²) in [6.07, 6.45) is 3.13. The minimum Gasteiger partial charge on any atom is -0.422 e. The van der Waals surface area contributed by atoms with E-state index in [-0.39, 0.29) is 5.78 Å². The van der Waals surface area contributed by atoms with E-state index in [9.17, 15) is 9.59 Å². The largest absolute Gasteiger partial charge is 0.422 e. The molecule has 3 aromatic carbocycles. The lowest BCUT2D eigenvalue weighted by molar-refractivity contribution is 0.0733. The maximum Gasteiger partial charge on any atom is 0.343 e. The molecule has 3 rings (SSSR count). The molecule has 0 saturated carbocycles. The summed E-state index contributed by atoms with van der Waals surface area (Å²) in [6, 6.07) is 21.5. The molecular weight excluding hydrogens is 404 g/mol. The van der Waals surface area contributed by atoms with E-state index in [0.717, 1.165) is 10.0 Å². The zero-order valence-electron chi connectivity index (χ0n) is 14.7. The summed E-state index contributed by atoms with van der Waals surface area (Å²) in [7, 11) is 0. The van der Waals surface area contributed by atoms with E-state index in [2.05, 4.69) is 15.9 Å². The van der Waals surface area contributed by atoms with Crippen LogP contribution in [-0.4, -0.2) is 11.8 Å². The number of para-hydroxylation sites is 1. The Bertz CT molecular complexity index is 1000. The summed E-state index contributed by atoms with van der Waals surface area (Å²) in [4.78, 5) is 24.8. The van der Waals surface area contributed by atoms with E-state index < -0.39 is 5.97 Å². The number of ketones is 1. The molecule has 4 heteroatoms. The lowest BCUT2D eigenvalue weighted by Crippen LogP contribution is -2.10. The van der Waals surface area contributed by atoms with E-state index in [1.165, 1.54) is 6.08 Å². The number of aryl methyl sites for hydroxylation is 1. The molecule has 0 N–H and O–H groups in total. The number of esters is 1. The van der Waals surface area contributed by atoms with Gasteiger partial charge in [0.2, 0.25) is 0 Å². The molecule has 134 valence electrons. The van der Waals surface area contributed by atoms with Gasteiger partial charge in [0, 0.05) is 15.6 Å². The van der Waals surface area contributed by atoms with Crippen LogP contribution in [0.4, 0.5) is 0 Å². The fraction of sp³-hybridized carbons (Fsp3) is 0.0435. The van der Waals surface area contributed by atoms with E-state index in [4.69, 9.17) is 4.74 Å². The van der Waals surface area contributed by atoms with Gasteiger partial charge in [0.15, 0.2) is 5.78 Å². The lowest BCUT2D eigenvalue weighted by Gasteiger charge is -2.09. The van der Waals surface area contributed by atoms with E-state index in [0.29, 0.717) is 22.4 Å². The Morgan fingerprint density at radius 2 is 1.56 bits per heavy atom. The summed E-state index contributed by atoms with van der Waals surface area (Å²) >= 11 is 3.35. The van der Waals surface area contributed by atoms with Crippen LogP contribution in [0.3, 0.4) is 0 Å². The van der Waals surface area contributed by atoms with Crippen molar-refractivity contribution in [2.75, 3.05) is 0 Å². The Morgan fingerprint density at radius 1 is 0.889 bits per heavy atom. The number of hydrogen-bond donors (Lipinski definition) is 0. The van der Waals surface area contributed by atoms with Crippen molar-refractivity contribution < 1.29 is 14.3 Å². The highest BCUT2D eigenvalue weighted by Crippen LogP contribution is 2.22. The molecule has 0 aliphatic rings. The van der Waals surface area contributed by atoms with Gasteiger partial charge in [-0.25, -0.2) is 4.79 Å². The number of allylic oxidation sites excluding steroid dienone is 1. The average Bonchev–Trinajstić information content (AvgIpc) is 2.68. The van der Waals surface area contributed by atoms with Gasteiger partial charge in [0.1, 0.15) is 5.75 Å². The number of ether oxygens (including phenoxy) is 1. The van der Waals surface area contributed by atoms with Crippen LogP contribution < -0.4 is 4.74 Å². The molecule has 0 radical (unpaired) electrons. The van der Waals surface area contributed by atoms with Crippen LogP contribution in [0.2, 0.25) is 0 Å². The van der Waals surface area contributed by atoms with Gasteiger partial charge in [0.05, 0.1) is 5.56 Å². The monoisotopic (exact) mass is 420 g/mol. The number of hydrogen-bond acceptors (Lipinski definition) is 3. The zero-order chi connectivity index (χ0) is 19.2. The summed E-state index contributed by atoms with van der Waals surface area (Å²) in [5.74, 6) is -0.138. The van der Waals surface area contributed by atoms with Crippen molar-refractivity contribution in [3.8, 4) is 5.75 Å². The third-order valence-corrected chi connectivity index (χ3v) is 4.56. The predicted molar refractivity (Wildman–Crippen MR) is 110 cm³/mol. The van der Waals surface area contributed by atoms with E-state index in [1.54, 1.807) is 48.5 Å². The first-order valence-electron chi connectivity index (χ1n) is 8.39. The van der Waals surface area contributed by atoms with Crippen molar-refractivity contribution in [2.45, 2.75) is 6.92 Å². The Labute approximate surface area is 166 Å². The van der Waals surface area contributed by atoms with Crippen LogP contribution in [0.5, 0.6) is 5.75 Å². The quantitative estimate of drug-likeness (QED) is 0.224. The second kappa shape index (κ2) is 8.60. The molecule has 0 aliphatic carbocycles. The number of rotatable bonds is 5. The van der Waals surface area contributed by atoms with Gasteiger partial charge in [-0.2, -0.15) is 0 Å². The van der Waals surface area contributed by atoms with Crippen molar-refractivity contribution >= 4 is 33.8 Å². The zero-order valence-corrected chi connectivity index (χ0v) is 16.3. The smallest absolute Gasteiger partial charge is 0.343 e. The van der Waals surface area contributed by atoms with Crippen LogP contribution in [-0.2, 0) is 0 Å². The summed E-state index contributed by atoms with van der Waals surface area (Å²) in [6.45, 7) is 1.86. The van der Waals surface area contributed by atoms with Gasteiger partial charge < -0.3 is 4.74 Å². The molecule has 0 amide bonds. The molecule has 27 heavy (non-hydrogen) atoms. The van der Waals surface area contributed by atoms with Crippen LogP contribution in [0.1, 0.15) is 31.8 Å². The van der Waals surface area contributed by atoms with Crippen molar-refractivity contribution in [2.24, 2.45) is 0 Å². The number of carbonyl (C=O) groups excluding carboxylic acids is 2. The fourth-order valence-electron chi connectivity index (χ4n) is 2.54. The van der Waals surface area contributed by atoms with Gasteiger partial charge in [-0.05, 0) is 61.0 Å². The van der Waals surface area contributed by atoms with Crippen molar-refractivity contribution in [1.82, 2.24) is 0 Å². The second-order valence-electron chi connectivity index (χ2n) is 5.95. The maximum atomic E-state index is 12.5. The van der Waals surface area contributed by atoms with Gasteiger partial charge >= 0.3 is 5.97 Å². The molecule has 0 aromatic heterocycles. The van der Waals surface area contributed by atoms with Crippen LogP contribution >= 0.6 is 15.9 Å².